The number of pyridine rings is 5. The van der Waals surface area contributed by atoms with Crippen molar-refractivity contribution in [3.63, 3.8) is 0 Å². The van der Waals surface area contributed by atoms with Crippen molar-refractivity contribution in [3.8, 4) is 28.1 Å². The van der Waals surface area contributed by atoms with Gasteiger partial charge < -0.3 is 25.0 Å². The molecule has 0 radical (unpaired) electrons. The van der Waals surface area contributed by atoms with Crippen molar-refractivity contribution >= 4 is 82.8 Å². The SMILES string of the molecule is CC(C)CC(=O)CCc1ccc2c(c1)[nH]c1ccncc12.CC(C)CC(=O)COc1ccc(-c2ccc3c(c2)[nH]c2ccncc23)cn1.CC(C)Nc1ccc(-c2ccc3c(c2)[nH]c2ccncc23)cn1. The van der Waals surface area contributed by atoms with Gasteiger partial charge in [0.25, 0.3) is 0 Å². The number of anilines is 1. The van der Waals surface area contributed by atoms with Crippen LogP contribution in [-0.2, 0) is 16.0 Å². The molecule has 0 fully saturated rings. The number of H-pyrrole nitrogens is 3. The first-order valence-electron chi connectivity index (χ1n) is 24.3. The van der Waals surface area contributed by atoms with Gasteiger partial charge in [-0.25, -0.2) is 9.97 Å². The van der Waals surface area contributed by atoms with Crippen molar-refractivity contribution in [2.24, 2.45) is 11.8 Å². The Morgan fingerprint density at radius 2 is 0.972 bits per heavy atom. The molecular weight excluding hydrogens is 883 g/mol. The zero-order valence-corrected chi connectivity index (χ0v) is 41.1. The van der Waals surface area contributed by atoms with Crippen LogP contribution >= 0.6 is 0 Å². The number of nitrogens with zero attached hydrogens (tertiary/aromatic N) is 5. The summed E-state index contributed by atoms with van der Waals surface area (Å²) in [7, 11) is 0. The van der Waals surface area contributed by atoms with Crippen molar-refractivity contribution in [1.29, 1.82) is 0 Å². The highest BCUT2D eigenvalue weighted by Crippen LogP contribution is 2.31. The molecule has 8 heterocycles. The zero-order chi connectivity index (χ0) is 49.4. The number of carbonyl (C=O) groups excluding carboxylic acids is 2. The van der Waals surface area contributed by atoms with Gasteiger partial charge in [-0.1, -0.05) is 64.1 Å². The lowest BCUT2D eigenvalue weighted by Gasteiger charge is -2.09. The van der Waals surface area contributed by atoms with Crippen LogP contribution in [0.4, 0.5) is 5.82 Å². The van der Waals surface area contributed by atoms with Crippen LogP contribution < -0.4 is 10.1 Å². The molecule has 11 rings (SSSR count). The molecule has 71 heavy (non-hydrogen) atoms. The highest BCUT2D eigenvalue weighted by molar-refractivity contribution is 6.09. The second kappa shape index (κ2) is 21.6. The van der Waals surface area contributed by atoms with Gasteiger partial charge in [-0.3, -0.25) is 24.5 Å². The number of aromatic amines is 3. The Kier molecular flexibility index (Phi) is 14.5. The molecular formula is C59H59N9O3. The third-order valence-corrected chi connectivity index (χ3v) is 12.2. The number of aryl methyl sites for hydroxylation is 1. The summed E-state index contributed by atoms with van der Waals surface area (Å²) in [6.45, 7) is 12.5. The van der Waals surface area contributed by atoms with E-state index in [1.807, 2.05) is 75.2 Å². The van der Waals surface area contributed by atoms with Crippen LogP contribution in [0.15, 0.2) is 147 Å². The predicted octanol–water partition coefficient (Wildman–Crippen LogP) is 13.6. The number of carbonyl (C=O) groups is 2. The van der Waals surface area contributed by atoms with Crippen LogP contribution in [0.2, 0.25) is 0 Å². The van der Waals surface area contributed by atoms with E-state index in [4.69, 9.17) is 4.74 Å². The van der Waals surface area contributed by atoms with Crippen LogP contribution in [0, 0.1) is 11.8 Å². The Balaban J connectivity index is 0.000000133. The molecule has 0 saturated heterocycles. The fourth-order valence-corrected chi connectivity index (χ4v) is 8.89. The van der Waals surface area contributed by atoms with Gasteiger partial charge in [0.1, 0.15) is 18.2 Å². The molecule has 3 aromatic carbocycles. The number of Topliss-reactive ketones (excluding diaryl/α,β-unsaturated/α-hetero) is 2. The number of rotatable bonds is 14. The van der Waals surface area contributed by atoms with Crippen LogP contribution in [0.3, 0.4) is 0 Å². The largest absolute Gasteiger partial charge is 0.470 e. The predicted molar refractivity (Wildman–Crippen MR) is 289 cm³/mol. The van der Waals surface area contributed by atoms with Gasteiger partial charge in [-0.15, -0.1) is 0 Å². The third-order valence-electron chi connectivity index (χ3n) is 12.2. The fraction of sp³-hybridized carbons (Fsp3) is 0.237. The number of fused-ring (bicyclic) bond motifs is 9. The van der Waals surface area contributed by atoms with E-state index in [0.717, 1.165) is 89.1 Å². The minimum absolute atomic E-state index is 0.0690. The first kappa shape index (κ1) is 47.8. The Hall–Kier alpha value is -8.25. The summed E-state index contributed by atoms with van der Waals surface area (Å²) < 4.78 is 5.50. The molecule has 11 aromatic rings. The average Bonchev–Trinajstić information content (AvgIpc) is 4.06. The molecule has 0 unspecified atom stereocenters. The third kappa shape index (κ3) is 11.6. The second-order valence-corrected chi connectivity index (χ2v) is 19.2. The molecule has 0 aliphatic rings. The standard InChI is InChI=1S/C22H21N3O2.C19H18N4.C18H20N2O/c1-14(2)9-17(26)13-27-22-6-4-16(11-24-22)15-3-5-18-19-12-23-8-7-20(19)25-21(18)10-15;1-12(2)22-19-6-4-14(10-21-19)13-3-5-15-16-11-20-8-7-17(16)23-18(15)9-13;1-12(2)9-14(21)5-3-13-4-6-15-16-11-19-8-7-17(16)20-18(15)10-13/h3-8,10-12,14,25H,9,13H2,1-2H3;3-12,23H,1-2H3,(H,21,22);4,6-8,10-12,20H,3,5,9H2,1-2H3. The molecule has 12 heteroatoms. The quantitative estimate of drug-likeness (QED) is 0.0829. The fourth-order valence-electron chi connectivity index (χ4n) is 8.89. The summed E-state index contributed by atoms with van der Waals surface area (Å²) in [5, 5.41) is 10.3. The van der Waals surface area contributed by atoms with E-state index in [2.05, 4.69) is 134 Å². The van der Waals surface area contributed by atoms with Gasteiger partial charge in [0, 0.05) is 157 Å². The molecule has 0 saturated carbocycles. The Labute approximate surface area is 412 Å². The van der Waals surface area contributed by atoms with Gasteiger partial charge in [0.2, 0.25) is 5.88 Å². The lowest BCUT2D eigenvalue weighted by molar-refractivity contribution is -0.122. The molecule has 8 aromatic heterocycles. The minimum atomic E-state index is 0.0690. The molecule has 0 aliphatic heterocycles. The summed E-state index contributed by atoms with van der Waals surface area (Å²) in [6, 6.07) is 33.4. The summed E-state index contributed by atoms with van der Waals surface area (Å²) >= 11 is 0. The van der Waals surface area contributed by atoms with E-state index in [-0.39, 0.29) is 12.4 Å². The van der Waals surface area contributed by atoms with Crippen LogP contribution in [0.25, 0.3) is 87.7 Å². The minimum Gasteiger partial charge on any atom is -0.470 e. The van der Waals surface area contributed by atoms with Crippen LogP contribution in [0.1, 0.15) is 66.4 Å². The first-order chi connectivity index (χ1) is 34.4. The smallest absolute Gasteiger partial charge is 0.213 e. The highest BCUT2D eigenvalue weighted by Gasteiger charge is 2.12. The van der Waals surface area contributed by atoms with E-state index < -0.39 is 0 Å². The number of nitrogens with one attached hydrogen (secondary N) is 4. The second-order valence-electron chi connectivity index (χ2n) is 19.2. The molecule has 0 atom stereocenters. The van der Waals surface area contributed by atoms with Crippen molar-refractivity contribution in [1.82, 2.24) is 39.9 Å². The van der Waals surface area contributed by atoms with E-state index in [1.165, 1.54) is 16.3 Å². The zero-order valence-electron chi connectivity index (χ0n) is 41.1. The summed E-state index contributed by atoms with van der Waals surface area (Å²) in [5.74, 6) is 2.60. The normalized spacial score (nSPS) is 11.5. The number of benzene rings is 3. The monoisotopic (exact) mass is 941 g/mol. The first-order valence-corrected chi connectivity index (χ1v) is 24.3. The van der Waals surface area contributed by atoms with Crippen LogP contribution in [0.5, 0.6) is 5.88 Å². The molecule has 0 bridgehead atoms. The number of aromatic nitrogens is 8. The van der Waals surface area contributed by atoms with Gasteiger partial charge >= 0.3 is 0 Å². The highest BCUT2D eigenvalue weighted by atomic mass is 16.5. The summed E-state index contributed by atoms with van der Waals surface area (Å²) in [5.41, 5.74) is 12.1. The molecule has 4 N–H and O–H groups in total. The maximum Gasteiger partial charge on any atom is 0.213 e. The molecule has 358 valence electrons. The van der Waals surface area contributed by atoms with Gasteiger partial charge in [-0.05, 0) is 103 Å². The van der Waals surface area contributed by atoms with Gasteiger partial charge in [-0.2, -0.15) is 0 Å². The number of ketones is 2. The van der Waals surface area contributed by atoms with Crippen molar-refractivity contribution in [2.45, 2.75) is 73.3 Å². The van der Waals surface area contributed by atoms with E-state index in [1.54, 1.807) is 24.7 Å². The maximum absolute atomic E-state index is 11.8. The van der Waals surface area contributed by atoms with Crippen LogP contribution in [-0.4, -0.2) is 64.1 Å². The molecule has 0 amide bonds. The number of hydrogen-bond donors (Lipinski definition) is 4. The Bertz CT molecular complexity index is 3610. The number of hydrogen-bond acceptors (Lipinski definition) is 9. The molecule has 12 nitrogen and oxygen atoms in total. The number of ether oxygens (including phenoxy) is 1. The van der Waals surface area contributed by atoms with E-state index in [0.29, 0.717) is 48.8 Å². The molecule has 0 aliphatic carbocycles. The topological polar surface area (TPSA) is 167 Å². The lowest BCUT2D eigenvalue weighted by atomic mass is 10.0. The van der Waals surface area contributed by atoms with E-state index >= 15 is 0 Å². The van der Waals surface area contributed by atoms with Gasteiger partial charge in [0.05, 0.1) is 0 Å². The van der Waals surface area contributed by atoms with Crippen molar-refractivity contribution in [3.05, 3.63) is 152 Å². The van der Waals surface area contributed by atoms with Crippen molar-refractivity contribution in [2.75, 3.05) is 11.9 Å². The lowest BCUT2D eigenvalue weighted by Crippen LogP contribution is -2.13. The molecule has 0 spiro atoms. The summed E-state index contributed by atoms with van der Waals surface area (Å²) in [4.78, 5) is 55.3. The Morgan fingerprint density at radius 3 is 1.45 bits per heavy atom. The maximum atomic E-state index is 11.8. The van der Waals surface area contributed by atoms with Crippen molar-refractivity contribution < 1.29 is 14.3 Å². The van der Waals surface area contributed by atoms with E-state index in [9.17, 15) is 9.59 Å². The van der Waals surface area contributed by atoms with Gasteiger partial charge in [0.15, 0.2) is 5.78 Å². The Morgan fingerprint density at radius 1 is 0.493 bits per heavy atom. The summed E-state index contributed by atoms with van der Waals surface area (Å²) in [6.07, 6.45) is 17.4. The average molecular weight is 942 g/mol.